The van der Waals surface area contributed by atoms with Crippen LogP contribution in [0.3, 0.4) is 0 Å². The zero-order valence-corrected chi connectivity index (χ0v) is 10.8. The quantitative estimate of drug-likeness (QED) is 0.752. The Morgan fingerprint density at radius 2 is 1.67 bits per heavy atom. The van der Waals surface area contributed by atoms with Crippen molar-refractivity contribution >= 4 is 0 Å². The molecule has 1 aromatic carbocycles. The summed E-state index contributed by atoms with van der Waals surface area (Å²) in [4.78, 5) is 0. The highest BCUT2D eigenvalue weighted by Gasteiger charge is 2.14. The van der Waals surface area contributed by atoms with Gasteiger partial charge >= 0.3 is 0 Å². The molecule has 0 radical (unpaired) electrons. The Balaban J connectivity index is 2.92. The van der Waals surface area contributed by atoms with E-state index in [-0.39, 0.29) is 13.0 Å². The fraction of sp³-hybridized carbons (Fsp3) is 0.538. The minimum atomic E-state index is -2.38. The highest BCUT2D eigenvalue weighted by Crippen LogP contribution is 2.38. The van der Waals surface area contributed by atoms with Crippen LogP contribution in [0.25, 0.3) is 0 Å². The molecule has 5 heteroatoms. The zero-order chi connectivity index (χ0) is 13.5. The van der Waals surface area contributed by atoms with Crippen LogP contribution >= 0.6 is 0 Å². The number of aryl methyl sites for hydroxylation is 1. The van der Waals surface area contributed by atoms with Gasteiger partial charge in [0, 0.05) is 6.42 Å². The maximum Gasteiger partial charge on any atom is 0.241 e. The van der Waals surface area contributed by atoms with E-state index in [0.29, 0.717) is 17.2 Å². The number of benzene rings is 1. The van der Waals surface area contributed by atoms with Gasteiger partial charge in [-0.05, 0) is 24.1 Å². The lowest BCUT2D eigenvalue weighted by Crippen LogP contribution is -2.05. The summed E-state index contributed by atoms with van der Waals surface area (Å²) in [6, 6.07) is 3.64. The van der Waals surface area contributed by atoms with Crippen molar-refractivity contribution in [1.82, 2.24) is 0 Å². The van der Waals surface area contributed by atoms with Crippen LogP contribution in [0.4, 0.5) is 8.78 Å². The lowest BCUT2D eigenvalue weighted by atomic mass is 10.1. The molecule has 1 rings (SSSR count). The molecule has 0 aromatic heterocycles. The van der Waals surface area contributed by atoms with Gasteiger partial charge in [0.25, 0.3) is 0 Å². The van der Waals surface area contributed by atoms with Gasteiger partial charge in [-0.1, -0.05) is 6.92 Å². The maximum absolute atomic E-state index is 12.1. The van der Waals surface area contributed by atoms with E-state index >= 15 is 0 Å². The molecule has 0 saturated carbocycles. The summed E-state index contributed by atoms with van der Waals surface area (Å²) < 4.78 is 39.9. The van der Waals surface area contributed by atoms with Crippen molar-refractivity contribution in [3.05, 3.63) is 17.7 Å². The fourth-order valence-corrected chi connectivity index (χ4v) is 1.53. The molecule has 0 saturated heterocycles. The zero-order valence-electron chi connectivity index (χ0n) is 10.8. The predicted molar refractivity (Wildman–Crippen MR) is 65.0 cm³/mol. The molecule has 0 aliphatic rings. The van der Waals surface area contributed by atoms with Crippen molar-refractivity contribution in [2.24, 2.45) is 0 Å². The molecule has 0 aliphatic heterocycles. The van der Waals surface area contributed by atoms with Crippen LogP contribution < -0.4 is 14.2 Å². The maximum atomic E-state index is 12.1. The van der Waals surface area contributed by atoms with E-state index in [1.165, 1.54) is 14.2 Å². The predicted octanol–water partition coefficient (Wildman–Crippen LogP) is 3.30. The Morgan fingerprint density at radius 1 is 1.11 bits per heavy atom. The molecule has 0 amide bonds. The first-order valence-corrected chi connectivity index (χ1v) is 5.78. The van der Waals surface area contributed by atoms with Crippen LogP contribution in [-0.4, -0.2) is 27.3 Å². The molecule has 0 aliphatic carbocycles. The van der Waals surface area contributed by atoms with Crippen LogP contribution in [0.5, 0.6) is 17.2 Å². The van der Waals surface area contributed by atoms with Crippen molar-refractivity contribution in [2.75, 3.05) is 20.8 Å². The summed E-state index contributed by atoms with van der Waals surface area (Å²) >= 11 is 0. The molecule has 0 spiro atoms. The summed E-state index contributed by atoms with van der Waals surface area (Å²) in [5, 5.41) is 0. The minimum Gasteiger partial charge on any atom is -0.493 e. The lowest BCUT2D eigenvalue weighted by Gasteiger charge is -2.15. The van der Waals surface area contributed by atoms with Crippen molar-refractivity contribution in [3.8, 4) is 17.2 Å². The Kier molecular flexibility index (Phi) is 5.68. The van der Waals surface area contributed by atoms with Crippen molar-refractivity contribution in [3.63, 3.8) is 0 Å². The molecule has 0 atom stereocenters. The fourth-order valence-electron chi connectivity index (χ4n) is 1.53. The van der Waals surface area contributed by atoms with Gasteiger partial charge < -0.3 is 14.2 Å². The van der Waals surface area contributed by atoms with E-state index in [0.717, 1.165) is 12.0 Å². The number of hydrogen-bond donors (Lipinski definition) is 0. The van der Waals surface area contributed by atoms with Crippen molar-refractivity contribution in [2.45, 2.75) is 26.2 Å². The van der Waals surface area contributed by atoms with Gasteiger partial charge in [-0.25, -0.2) is 8.78 Å². The highest BCUT2D eigenvalue weighted by molar-refractivity contribution is 5.53. The number of hydrogen-bond acceptors (Lipinski definition) is 3. The Hall–Kier alpha value is -1.52. The van der Waals surface area contributed by atoms with Crippen molar-refractivity contribution in [1.29, 1.82) is 0 Å². The first kappa shape index (κ1) is 14.5. The molecular formula is C13H18F2O3. The van der Waals surface area contributed by atoms with Crippen LogP contribution in [0.2, 0.25) is 0 Å². The summed E-state index contributed by atoms with van der Waals surface area (Å²) in [7, 11) is 3.02. The number of alkyl halides is 2. The van der Waals surface area contributed by atoms with E-state index in [1.807, 2.05) is 19.1 Å². The average Bonchev–Trinajstić information content (AvgIpc) is 2.37. The molecule has 102 valence electrons. The standard InChI is InChI=1S/C13H18F2O3/c1-4-9-7-10(16-2)13(11(8-9)17-3)18-6-5-12(14)15/h7-8,12H,4-6H2,1-3H3. The third-order valence-corrected chi connectivity index (χ3v) is 2.51. The Bertz CT molecular complexity index is 355. The highest BCUT2D eigenvalue weighted by atomic mass is 19.3. The smallest absolute Gasteiger partial charge is 0.241 e. The summed E-state index contributed by atoms with van der Waals surface area (Å²) in [6.07, 6.45) is -1.87. The van der Waals surface area contributed by atoms with Crippen LogP contribution in [0.15, 0.2) is 12.1 Å². The second kappa shape index (κ2) is 7.03. The van der Waals surface area contributed by atoms with Gasteiger partial charge in [0.05, 0.1) is 20.8 Å². The molecule has 0 heterocycles. The van der Waals surface area contributed by atoms with E-state index in [1.54, 1.807) is 0 Å². The van der Waals surface area contributed by atoms with Crippen molar-refractivity contribution < 1.29 is 23.0 Å². The Morgan fingerprint density at radius 3 is 2.06 bits per heavy atom. The van der Waals surface area contributed by atoms with Crippen LogP contribution in [0, 0.1) is 0 Å². The number of rotatable bonds is 7. The molecule has 0 unspecified atom stereocenters. The molecule has 18 heavy (non-hydrogen) atoms. The number of ether oxygens (including phenoxy) is 3. The second-order valence-corrected chi connectivity index (χ2v) is 3.71. The van der Waals surface area contributed by atoms with Gasteiger partial charge in [0.2, 0.25) is 12.2 Å². The molecule has 0 bridgehead atoms. The summed E-state index contributed by atoms with van der Waals surface area (Å²) in [6.45, 7) is 1.93. The SMILES string of the molecule is CCc1cc(OC)c(OCCC(F)F)c(OC)c1. The first-order chi connectivity index (χ1) is 8.62. The molecule has 0 N–H and O–H groups in total. The average molecular weight is 260 g/mol. The second-order valence-electron chi connectivity index (χ2n) is 3.71. The number of methoxy groups -OCH3 is 2. The normalized spacial score (nSPS) is 10.6. The topological polar surface area (TPSA) is 27.7 Å². The summed E-state index contributed by atoms with van der Waals surface area (Å²) in [5.41, 5.74) is 1.03. The summed E-state index contributed by atoms with van der Waals surface area (Å²) in [5.74, 6) is 1.37. The molecule has 0 fully saturated rings. The van der Waals surface area contributed by atoms with E-state index in [2.05, 4.69) is 0 Å². The van der Waals surface area contributed by atoms with Gasteiger partial charge in [-0.3, -0.25) is 0 Å². The van der Waals surface area contributed by atoms with E-state index < -0.39 is 6.43 Å². The van der Waals surface area contributed by atoms with Gasteiger partial charge in [-0.15, -0.1) is 0 Å². The molecule has 3 nitrogen and oxygen atoms in total. The number of halogens is 2. The van der Waals surface area contributed by atoms with Gasteiger partial charge in [0.1, 0.15) is 0 Å². The third-order valence-electron chi connectivity index (χ3n) is 2.51. The lowest BCUT2D eigenvalue weighted by molar-refractivity contribution is 0.112. The first-order valence-electron chi connectivity index (χ1n) is 5.78. The largest absolute Gasteiger partial charge is 0.493 e. The third kappa shape index (κ3) is 3.75. The van der Waals surface area contributed by atoms with Gasteiger partial charge in [-0.2, -0.15) is 0 Å². The molecular weight excluding hydrogens is 242 g/mol. The van der Waals surface area contributed by atoms with E-state index in [4.69, 9.17) is 14.2 Å². The van der Waals surface area contributed by atoms with Crippen LogP contribution in [0.1, 0.15) is 18.9 Å². The van der Waals surface area contributed by atoms with E-state index in [9.17, 15) is 8.78 Å². The molecule has 1 aromatic rings. The Labute approximate surface area is 106 Å². The van der Waals surface area contributed by atoms with Gasteiger partial charge in [0.15, 0.2) is 11.5 Å². The minimum absolute atomic E-state index is 0.0736. The monoisotopic (exact) mass is 260 g/mol. The van der Waals surface area contributed by atoms with Crippen LogP contribution in [-0.2, 0) is 6.42 Å².